The maximum Gasteiger partial charge on any atom is 0.328 e. The highest BCUT2D eigenvalue weighted by Gasteiger charge is 2.58. The lowest BCUT2D eigenvalue weighted by molar-refractivity contribution is -0.200. The molecule has 4 atom stereocenters. The van der Waals surface area contributed by atoms with Gasteiger partial charge in [-0.25, -0.2) is 4.79 Å². The molecule has 202 valence electrons. The number of carbonyl (C=O) groups excluding carboxylic acids is 1. The molecule has 2 aliphatic rings. The Morgan fingerprint density at radius 3 is 1.52 bits per heavy atom. The van der Waals surface area contributed by atoms with Gasteiger partial charge >= 0.3 is 5.97 Å². The van der Waals surface area contributed by atoms with E-state index in [1.165, 1.54) is 4.90 Å². The van der Waals surface area contributed by atoms with Crippen LogP contribution in [0.25, 0.3) is 0 Å². The number of aliphatic carboxylic acids is 1. The van der Waals surface area contributed by atoms with Crippen molar-refractivity contribution in [1.29, 1.82) is 0 Å². The zero-order valence-corrected chi connectivity index (χ0v) is 22.0. The third-order valence-electron chi connectivity index (χ3n) is 8.40. The van der Waals surface area contributed by atoms with Gasteiger partial charge in [-0.3, -0.25) is 9.69 Å². The minimum Gasteiger partial charge on any atom is -0.480 e. The van der Waals surface area contributed by atoms with Crippen molar-refractivity contribution >= 4 is 11.9 Å². The van der Waals surface area contributed by atoms with E-state index in [-0.39, 0.29) is 24.4 Å². The zero-order valence-electron chi connectivity index (χ0n) is 22.0. The lowest BCUT2D eigenvalue weighted by Crippen LogP contribution is -2.78. The van der Waals surface area contributed by atoms with Gasteiger partial charge in [0.15, 0.2) is 0 Å². The van der Waals surface area contributed by atoms with Gasteiger partial charge in [0, 0.05) is 24.5 Å². The molecular weight excluding hydrogens is 500 g/mol. The van der Waals surface area contributed by atoms with Gasteiger partial charge in [0.25, 0.3) is 0 Å². The van der Waals surface area contributed by atoms with Crippen molar-refractivity contribution < 1.29 is 19.8 Å². The van der Waals surface area contributed by atoms with Crippen LogP contribution in [0.3, 0.4) is 0 Å². The van der Waals surface area contributed by atoms with Gasteiger partial charge in [-0.1, -0.05) is 121 Å². The summed E-state index contributed by atoms with van der Waals surface area (Å²) in [6, 6.07) is 37.0. The van der Waals surface area contributed by atoms with E-state index in [1.807, 2.05) is 126 Å². The second-order valence-corrected chi connectivity index (χ2v) is 10.6. The SMILES string of the molecule is O=C(O)[C@@H]1[C@H]2C[C@@H](CN1C(=O)C(c1ccccc1)c1ccccc1)N2C(O)C(c1ccccc1)c1ccccc1. The van der Waals surface area contributed by atoms with Crippen LogP contribution >= 0.6 is 0 Å². The van der Waals surface area contributed by atoms with E-state index in [1.54, 1.807) is 0 Å². The molecule has 0 aliphatic carbocycles. The van der Waals surface area contributed by atoms with Gasteiger partial charge in [-0.2, -0.15) is 0 Å². The molecule has 4 aromatic rings. The Morgan fingerprint density at radius 2 is 1.10 bits per heavy atom. The molecule has 2 heterocycles. The molecule has 0 spiro atoms. The van der Waals surface area contributed by atoms with Crippen molar-refractivity contribution in [2.24, 2.45) is 0 Å². The van der Waals surface area contributed by atoms with Gasteiger partial charge in [-0.05, 0) is 28.7 Å². The standard InChI is InChI=1S/C34H32N2O4/c37-32(29(23-13-5-1-6-14-23)24-15-7-2-8-16-24)35-22-27-21-28(31(35)34(39)40)36(27)33(38)30(25-17-9-3-10-18-25)26-19-11-4-12-20-26/h1-20,27-31,33,38H,21-22H2,(H,39,40)/t27-,28+,31-,33?/m0/s1. The van der Waals surface area contributed by atoms with E-state index in [0.29, 0.717) is 6.42 Å². The molecule has 2 saturated heterocycles. The monoisotopic (exact) mass is 532 g/mol. The molecule has 2 N–H and O–H groups in total. The number of hydrogen-bond donors (Lipinski definition) is 2. The normalized spacial score (nSPS) is 21.2. The van der Waals surface area contributed by atoms with Crippen molar-refractivity contribution in [3.63, 3.8) is 0 Å². The van der Waals surface area contributed by atoms with Crippen molar-refractivity contribution in [2.75, 3.05) is 6.54 Å². The molecule has 6 heteroatoms. The largest absolute Gasteiger partial charge is 0.480 e. The molecule has 2 fully saturated rings. The summed E-state index contributed by atoms with van der Waals surface area (Å²) in [4.78, 5) is 30.5. The highest BCUT2D eigenvalue weighted by molar-refractivity contribution is 5.91. The van der Waals surface area contributed by atoms with Crippen LogP contribution in [0.1, 0.15) is 40.5 Å². The Bertz CT molecular complexity index is 1370. The predicted octanol–water partition coefficient (Wildman–Crippen LogP) is 4.71. The summed E-state index contributed by atoms with van der Waals surface area (Å²) in [7, 11) is 0. The van der Waals surface area contributed by atoms with Crippen LogP contribution in [0, 0.1) is 0 Å². The van der Waals surface area contributed by atoms with Crippen LogP contribution in [-0.2, 0) is 9.59 Å². The first-order valence-corrected chi connectivity index (χ1v) is 13.7. The minimum absolute atomic E-state index is 0.137. The molecule has 2 bridgehead atoms. The molecular formula is C34H32N2O4. The summed E-state index contributed by atoms with van der Waals surface area (Å²) in [6.45, 7) is 0.246. The number of likely N-dealkylation sites (tertiary alicyclic amines) is 2. The Morgan fingerprint density at radius 1 is 0.675 bits per heavy atom. The van der Waals surface area contributed by atoms with Crippen molar-refractivity contribution in [1.82, 2.24) is 9.80 Å². The third-order valence-corrected chi connectivity index (χ3v) is 8.40. The number of piperazine rings is 1. The molecule has 0 radical (unpaired) electrons. The summed E-state index contributed by atoms with van der Waals surface area (Å²) in [5, 5.41) is 22.3. The van der Waals surface area contributed by atoms with Gasteiger partial charge in [0.05, 0.1) is 5.92 Å². The molecule has 40 heavy (non-hydrogen) atoms. The smallest absolute Gasteiger partial charge is 0.328 e. The Balaban J connectivity index is 1.33. The van der Waals surface area contributed by atoms with Crippen molar-refractivity contribution in [3.8, 4) is 0 Å². The van der Waals surface area contributed by atoms with Crippen LogP contribution in [-0.4, -0.2) is 62.8 Å². The number of carboxylic acid groups (broad SMARTS) is 1. The second-order valence-electron chi connectivity index (χ2n) is 10.6. The van der Waals surface area contributed by atoms with Crippen LogP contribution in [0.2, 0.25) is 0 Å². The summed E-state index contributed by atoms with van der Waals surface area (Å²) < 4.78 is 0. The van der Waals surface area contributed by atoms with E-state index in [9.17, 15) is 19.8 Å². The Kier molecular flexibility index (Phi) is 7.20. The number of amides is 1. The number of carboxylic acids is 1. The van der Waals surface area contributed by atoms with Gasteiger partial charge in [-0.15, -0.1) is 0 Å². The maximum atomic E-state index is 14.2. The zero-order chi connectivity index (χ0) is 27.6. The highest BCUT2D eigenvalue weighted by atomic mass is 16.4. The molecule has 1 amide bonds. The van der Waals surface area contributed by atoms with Crippen molar-refractivity contribution in [2.45, 2.75) is 42.6 Å². The second kappa shape index (κ2) is 11.1. The van der Waals surface area contributed by atoms with Gasteiger partial charge in [0.2, 0.25) is 5.91 Å². The number of carbonyl (C=O) groups is 2. The number of rotatable bonds is 8. The number of nitrogens with zero attached hydrogens (tertiary/aromatic N) is 2. The number of aliphatic hydroxyl groups excluding tert-OH is 1. The van der Waals surface area contributed by atoms with Crippen LogP contribution in [0.4, 0.5) is 0 Å². The summed E-state index contributed by atoms with van der Waals surface area (Å²) in [5.74, 6) is -2.24. The fraction of sp³-hybridized carbons (Fsp3) is 0.235. The van der Waals surface area contributed by atoms with Crippen LogP contribution in [0.5, 0.6) is 0 Å². The molecule has 6 rings (SSSR count). The quantitative estimate of drug-likeness (QED) is 0.344. The number of aliphatic hydroxyl groups is 1. The number of benzene rings is 4. The predicted molar refractivity (Wildman–Crippen MR) is 153 cm³/mol. The minimum atomic E-state index is -1.06. The van der Waals surface area contributed by atoms with E-state index < -0.39 is 30.2 Å². The summed E-state index contributed by atoms with van der Waals surface area (Å²) in [5.41, 5.74) is 3.57. The van der Waals surface area contributed by atoms with E-state index in [2.05, 4.69) is 0 Å². The fourth-order valence-corrected chi connectivity index (χ4v) is 6.57. The van der Waals surface area contributed by atoms with Crippen molar-refractivity contribution in [3.05, 3.63) is 144 Å². The Labute approximate surface area is 234 Å². The van der Waals surface area contributed by atoms with Gasteiger partial charge < -0.3 is 15.1 Å². The molecule has 4 aromatic carbocycles. The summed E-state index contributed by atoms with van der Waals surface area (Å²) >= 11 is 0. The lowest BCUT2D eigenvalue weighted by Gasteiger charge is -2.61. The maximum absolute atomic E-state index is 14.2. The average molecular weight is 533 g/mol. The number of hydrogen-bond acceptors (Lipinski definition) is 4. The first kappa shape index (κ1) is 26.0. The van der Waals surface area contributed by atoms with E-state index in [4.69, 9.17) is 0 Å². The van der Waals surface area contributed by atoms with E-state index >= 15 is 0 Å². The summed E-state index contributed by atoms with van der Waals surface area (Å²) in [6.07, 6.45) is -0.318. The first-order chi connectivity index (χ1) is 19.5. The highest BCUT2D eigenvalue weighted by Crippen LogP contribution is 2.44. The molecule has 0 saturated carbocycles. The molecule has 1 unspecified atom stereocenters. The lowest BCUT2D eigenvalue weighted by atomic mass is 9.77. The number of piperidine rings is 1. The number of fused-ring (bicyclic) bond motifs is 2. The van der Waals surface area contributed by atoms with Gasteiger partial charge in [0.1, 0.15) is 12.3 Å². The van der Waals surface area contributed by atoms with Crippen LogP contribution < -0.4 is 0 Å². The van der Waals surface area contributed by atoms with E-state index in [0.717, 1.165) is 22.3 Å². The Hall–Kier alpha value is -4.26. The van der Waals surface area contributed by atoms with Crippen LogP contribution in [0.15, 0.2) is 121 Å². The first-order valence-electron chi connectivity index (χ1n) is 13.7. The molecule has 6 nitrogen and oxygen atoms in total. The average Bonchev–Trinajstić information content (AvgIpc) is 2.99. The molecule has 0 aromatic heterocycles. The fourth-order valence-electron chi connectivity index (χ4n) is 6.57. The topological polar surface area (TPSA) is 81.1 Å². The third kappa shape index (κ3) is 4.70. The molecule has 2 aliphatic heterocycles.